The van der Waals surface area contributed by atoms with Crippen LogP contribution in [0.25, 0.3) is 0 Å². The zero-order valence-electron chi connectivity index (χ0n) is 11.2. The first-order chi connectivity index (χ1) is 8.58. The van der Waals surface area contributed by atoms with Crippen molar-refractivity contribution < 1.29 is 9.53 Å². The molecule has 0 fully saturated rings. The molecule has 0 unspecified atom stereocenters. The van der Waals surface area contributed by atoms with E-state index in [2.05, 4.69) is 6.92 Å². The van der Waals surface area contributed by atoms with Gasteiger partial charge in [0.05, 0.1) is 18.7 Å². The minimum absolute atomic E-state index is 0.0816. The summed E-state index contributed by atoms with van der Waals surface area (Å²) in [5, 5.41) is 0.472. The number of ether oxygens (including phenoxy) is 1. The molecule has 0 spiro atoms. The molecule has 3 nitrogen and oxygen atoms in total. The van der Waals surface area contributed by atoms with Crippen LogP contribution >= 0.6 is 11.6 Å². The summed E-state index contributed by atoms with van der Waals surface area (Å²) in [6.07, 6.45) is 2.24. The van der Waals surface area contributed by atoms with Gasteiger partial charge in [0, 0.05) is 5.56 Å². The Hall–Kier alpha value is -1.06. The first kappa shape index (κ1) is 15.0. The standard InChI is InChI=1S/C14H20ClNO2/c1-4-5-8-16(2)10-13(17)11-6-7-14(18-3)12(15)9-11/h6-7,9H,4-5,8,10H2,1-3H3. The molecule has 0 aliphatic heterocycles. The average Bonchev–Trinajstić information content (AvgIpc) is 2.36. The highest BCUT2D eigenvalue weighted by Gasteiger charge is 2.11. The van der Waals surface area contributed by atoms with E-state index in [0.29, 0.717) is 22.9 Å². The Kier molecular flexibility index (Phi) is 6.16. The number of Topliss-reactive ketones (excluding diaryl/α,β-unsaturated/α-hetero) is 1. The van der Waals surface area contributed by atoms with E-state index in [4.69, 9.17) is 16.3 Å². The second kappa shape index (κ2) is 7.39. The Morgan fingerprint density at radius 2 is 2.17 bits per heavy atom. The molecular weight excluding hydrogens is 250 g/mol. The third kappa shape index (κ3) is 4.31. The van der Waals surface area contributed by atoms with Crippen molar-refractivity contribution in [1.82, 2.24) is 4.90 Å². The number of methoxy groups -OCH3 is 1. The summed E-state index contributed by atoms with van der Waals surface area (Å²) in [6.45, 7) is 3.49. The largest absolute Gasteiger partial charge is 0.495 e. The van der Waals surface area contributed by atoms with Crippen molar-refractivity contribution in [2.24, 2.45) is 0 Å². The number of carbonyl (C=O) groups excluding carboxylic acids is 1. The van der Waals surface area contributed by atoms with Crippen LogP contribution in [0.3, 0.4) is 0 Å². The van der Waals surface area contributed by atoms with Gasteiger partial charge in [-0.1, -0.05) is 24.9 Å². The molecule has 0 saturated heterocycles. The summed E-state index contributed by atoms with van der Waals surface area (Å²) in [7, 11) is 3.51. The van der Waals surface area contributed by atoms with Gasteiger partial charge < -0.3 is 4.74 Å². The van der Waals surface area contributed by atoms with Gasteiger partial charge in [-0.2, -0.15) is 0 Å². The van der Waals surface area contributed by atoms with Crippen LogP contribution in [0.4, 0.5) is 0 Å². The van der Waals surface area contributed by atoms with E-state index in [0.717, 1.165) is 19.4 Å². The second-order valence-corrected chi connectivity index (χ2v) is 4.77. The molecule has 0 aromatic heterocycles. The van der Waals surface area contributed by atoms with Crippen LogP contribution in [0, 0.1) is 0 Å². The Balaban J connectivity index is 2.64. The summed E-state index contributed by atoms with van der Waals surface area (Å²) < 4.78 is 5.06. The molecule has 0 aliphatic rings. The maximum atomic E-state index is 12.0. The van der Waals surface area contributed by atoms with Crippen molar-refractivity contribution >= 4 is 17.4 Å². The van der Waals surface area contributed by atoms with Crippen LogP contribution in [0.15, 0.2) is 18.2 Å². The van der Waals surface area contributed by atoms with E-state index in [1.165, 1.54) is 0 Å². The average molecular weight is 270 g/mol. The minimum atomic E-state index is 0.0816. The predicted octanol–water partition coefficient (Wildman–Crippen LogP) is 3.26. The zero-order chi connectivity index (χ0) is 13.5. The number of hydrogen-bond acceptors (Lipinski definition) is 3. The van der Waals surface area contributed by atoms with Gasteiger partial charge in [-0.05, 0) is 38.2 Å². The van der Waals surface area contributed by atoms with Gasteiger partial charge in [-0.15, -0.1) is 0 Å². The monoisotopic (exact) mass is 269 g/mol. The minimum Gasteiger partial charge on any atom is -0.495 e. The topological polar surface area (TPSA) is 29.5 Å². The van der Waals surface area contributed by atoms with Crippen LogP contribution in [0.5, 0.6) is 5.75 Å². The van der Waals surface area contributed by atoms with Crippen LogP contribution in [-0.2, 0) is 0 Å². The zero-order valence-corrected chi connectivity index (χ0v) is 12.0. The number of carbonyl (C=O) groups is 1. The van der Waals surface area contributed by atoms with Crippen LogP contribution in [-0.4, -0.2) is 37.9 Å². The molecule has 0 amide bonds. The van der Waals surface area contributed by atoms with E-state index >= 15 is 0 Å². The van der Waals surface area contributed by atoms with Crippen molar-refractivity contribution in [3.63, 3.8) is 0 Å². The van der Waals surface area contributed by atoms with Crippen LogP contribution < -0.4 is 4.74 Å². The number of nitrogens with zero attached hydrogens (tertiary/aromatic N) is 1. The lowest BCUT2D eigenvalue weighted by Crippen LogP contribution is -2.26. The Labute approximate surface area is 114 Å². The highest BCUT2D eigenvalue weighted by Crippen LogP contribution is 2.25. The van der Waals surface area contributed by atoms with Gasteiger partial charge in [0.25, 0.3) is 0 Å². The van der Waals surface area contributed by atoms with Gasteiger partial charge in [-0.25, -0.2) is 0 Å². The molecular formula is C14H20ClNO2. The highest BCUT2D eigenvalue weighted by molar-refractivity contribution is 6.32. The molecule has 1 rings (SSSR count). The summed E-state index contributed by atoms with van der Waals surface area (Å²) >= 11 is 6.00. The van der Waals surface area contributed by atoms with Crippen molar-refractivity contribution in [2.45, 2.75) is 19.8 Å². The van der Waals surface area contributed by atoms with Crippen molar-refractivity contribution in [3.8, 4) is 5.75 Å². The molecule has 0 radical (unpaired) electrons. The van der Waals surface area contributed by atoms with E-state index in [1.54, 1.807) is 25.3 Å². The maximum Gasteiger partial charge on any atom is 0.176 e. The van der Waals surface area contributed by atoms with Gasteiger partial charge in [0.15, 0.2) is 5.78 Å². The maximum absolute atomic E-state index is 12.0. The quantitative estimate of drug-likeness (QED) is 0.712. The molecule has 1 aromatic carbocycles. The van der Waals surface area contributed by atoms with Gasteiger partial charge in [0.1, 0.15) is 5.75 Å². The molecule has 0 heterocycles. The number of hydrogen-bond donors (Lipinski definition) is 0. The molecule has 18 heavy (non-hydrogen) atoms. The van der Waals surface area contributed by atoms with Crippen LogP contribution in [0.2, 0.25) is 5.02 Å². The SMILES string of the molecule is CCCCN(C)CC(=O)c1ccc(OC)c(Cl)c1. The summed E-state index contributed by atoms with van der Waals surface area (Å²) in [5.41, 5.74) is 0.629. The van der Waals surface area contributed by atoms with Crippen molar-refractivity contribution in [1.29, 1.82) is 0 Å². The fourth-order valence-corrected chi connectivity index (χ4v) is 1.94. The summed E-state index contributed by atoms with van der Waals surface area (Å²) in [5.74, 6) is 0.672. The number of benzene rings is 1. The fourth-order valence-electron chi connectivity index (χ4n) is 1.68. The van der Waals surface area contributed by atoms with E-state index in [-0.39, 0.29) is 5.78 Å². The number of rotatable bonds is 7. The first-order valence-electron chi connectivity index (χ1n) is 6.13. The third-order valence-corrected chi connectivity index (χ3v) is 3.08. The lowest BCUT2D eigenvalue weighted by atomic mass is 10.1. The number of unbranched alkanes of at least 4 members (excludes halogenated alkanes) is 1. The number of ketones is 1. The molecule has 0 atom stereocenters. The molecule has 4 heteroatoms. The molecule has 0 aliphatic carbocycles. The predicted molar refractivity (Wildman–Crippen MR) is 74.7 cm³/mol. The highest BCUT2D eigenvalue weighted by atomic mass is 35.5. The Morgan fingerprint density at radius 1 is 1.44 bits per heavy atom. The Bertz CT molecular complexity index is 407. The lowest BCUT2D eigenvalue weighted by molar-refractivity contribution is 0.0945. The fraction of sp³-hybridized carbons (Fsp3) is 0.500. The normalized spacial score (nSPS) is 10.7. The van der Waals surface area contributed by atoms with Crippen molar-refractivity contribution in [3.05, 3.63) is 28.8 Å². The third-order valence-electron chi connectivity index (χ3n) is 2.78. The second-order valence-electron chi connectivity index (χ2n) is 4.36. The van der Waals surface area contributed by atoms with Crippen LogP contribution in [0.1, 0.15) is 30.1 Å². The van der Waals surface area contributed by atoms with Gasteiger partial charge in [0.2, 0.25) is 0 Å². The van der Waals surface area contributed by atoms with Gasteiger partial charge in [-0.3, -0.25) is 9.69 Å². The molecule has 1 aromatic rings. The van der Waals surface area contributed by atoms with Gasteiger partial charge >= 0.3 is 0 Å². The smallest absolute Gasteiger partial charge is 0.176 e. The van der Waals surface area contributed by atoms with E-state index < -0.39 is 0 Å². The summed E-state index contributed by atoms with van der Waals surface area (Å²) in [6, 6.07) is 5.14. The van der Waals surface area contributed by atoms with Crippen molar-refractivity contribution in [2.75, 3.05) is 27.2 Å². The van der Waals surface area contributed by atoms with E-state index in [1.807, 2.05) is 11.9 Å². The van der Waals surface area contributed by atoms with E-state index in [9.17, 15) is 4.79 Å². The molecule has 0 saturated carbocycles. The number of halogens is 1. The summed E-state index contributed by atoms with van der Waals surface area (Å²) in [4.78, 5) is 14.1. The number of likely N-dealkylation sites (N-methyl/N-ethyl adjacent to an activating group) is 1. The Morgan fingerprint density at radius 3 is 2.72 bits per heavy atom. The molecule has 100 valence electrons. The molecule has 0 bridgehead atoms. The first-order valence-corrected chi connectivity index (χ1v) is 6.51. The molecule has 0 N–H and O–H groups in total. The lowest BCUT2D eigenvalue weighted by Gasteiger charge is -2.15.